The van der Waals surface area contributed by atoms with Crippen molar-refractivity contribution in [2.24, 2.45) is 0 Å². The summed E-state index contributed by atoms with van der Waals surface area (Å²) in [5, 5.41) is 18.4. The van der Waals surface area contributed by atoms with Crippen LogP contribution in [0.2, 0.25) is 10.2 Å². The van der Waals surface area contributed by atoms with Gasteiger partial charge < -0.3 is 5.11 Å². The number of hydrogen-bond acceptors (Lipinski definition) is 4. The molecule has 0 aliphatic rings. The molecule has 1 aromatic carbocycles. The highest BCUT2D eigenvalue weighted by Gasteiger charge is 2.18. The van der Waals surface area contributed by atoms with Crippen LogP contribution in [0.3, 0.4) is 0 Å². The van der Waals surface area contributed by atoms with Crippen LogP contribution in [0.15, 0.2) is 48.8 Å². The van der Waals surface area contributed by atoms with Gasteiger partial charge in [0.1, 0.15) is 0 Å². The number of benzene rings is 1. The van der Waals surface area contributed by atoms with Gasteiger partial charge >= 0.3 is 0 Å². The summed E-state index contributed by atoms with van der Waals surface area (Å²) in [5.41, 5.74) is 2.66. The molecule has 0 unspecified atom stereocenters. The first-order valence-corrected chi connectivity index (χ1v) is 6.84. The van der Waals surface area contributed by atoms with Gasteiger partial charge in [-0.3, -0.25) is 4.98 Å². The number of halogens is 2. The molecule has 0 saturated heterocycles. The summed E-state index contributed by atoms with van der Waals surface area (Å²) in [6.45, 7) is 0. The summed E-state index contributed by atoms with van der Waals surface area (Å²) in [4.78, 5) is 3.97. The van der Waals surface area contributed by atoms with Gasteiger partial charge in [-0.05, 0) is 35.4 Å². The molecule has 2 heterocycles. The van der Waals surface area contributed by atoms with Crippen molar-refractivity contribution in [3.8, 4) is 28.1 Å². The molecule has 0 bridgehead atoms. The number of pyridine rings is 1. The summed E-state index contributed by atoms with van der Waals surface area (Å²) in [6.07, 6.45) is 3.27. The lowest BCUT2D eigenvalue weighted by molar-refractivity contribution is 0.448. The fourth-order valence-corrected chi connectivity index (χ4v) is 2.45. The molecule has 0 fully saturated rings. The molecule has 3 aromatic rings. The minimum atomic E-state index is -0.185. The molecule has 0 aliphatic carbocycles. The molecule has 21 heavy (non-hydrogen) atoms. The topological polar surface area (TPSA) is 58.9 Å². The van der Waals surface area contributed by atoms with Crippen molar-refractivity contribution in [2.75, 3.05) is 0 Å². The van der Waals surface area contributed by atoms with E-state index >= 15 is 0 Å². The lowest BCUT2D eigenvalue weighted by Crippen LogP contribution is -1.94. The van der Waals surface area contributed by atoms with Gasteiger partial charge in [0.15, 0.2) is 5.15 Å². The predicted molar refractivity (Wildman–Crippen MR) is 82.4 cm³/mol. The molecule has 0 amide bonds. The number of rotatable bonds is 2. The van der Waals surface area contributed by atoms with E-state index in [1.165, 1.54) is 0 Å². The first-order chi connectivity index (χ1) is 10.2. The quantitative estimate of drug-likeness (QED) is 0.768. The highest BCUT2D eigenvalue weighted by Crippen LogP contribution is 2.40. The lowest BCUT2D eigenvalue weighted by atomic mass is 9.98. The Morgan fingerprint density at radius 2 is 1.38 bits per heavy atom. The van der Waals surface area contributed by atoms with E-state index in [1.54, 1.807) is 36.7 Å². The summed E-state index contributed by atoms with van der Waals surface area (Å²) in [7, 11) is 0. The van der Waals surface area contributed by atoms with Crippen LogP contribution in [0, 0.1) is 0 Å². The van der Waals surface area contributed by atoms with E-state index in [9.17, 15) is 5.11 Å². The van der Waals surface area contributed by atoms with Crippen LogP contribution in [-0.2, 0) is 0 Å². The third kappa shape index (κ3) is 2.68. The first kappa shape index (κ1) is 13.8. The maximum absolute atomic E-state index is 10.1. The van der Waals surface area contributed by atoms with Crippen LogP contribution >= 0.6 is 23.2 Å². The van der Waals surface area contributed by atoms with E-state index < -0.39 is 0 Å². The number of aromatic hydroxyl groups is 1. The van der Waals surface area contributed by atoms with Crippen molar-refractivity contribution in [1.29, 1.82) is 0 Å². The largest absolute Gasteiger partial charge is 0.492 e. The SMILES string of the molecule is Oc1nnc(Cl)c(-c2ccc(Cl)cc2)c1-c1ccncc1. The van der Waals surface area contributed by atoms with Gasteiger partial charge in [0, 0.05) is 23.0 Å². The maximum Gasteiger partial charge on any atom is 0.239 e. The van der Waals surface area contributed by atoms with Gasteiger partial charge in [-0.1, -0.05) is 35.3 Å². The second-order valence-electron chi connectivity index (χ2n) is 4.31. The molecule has 0 saturated carbocycles. The van der Waals surface area contributed by atoms with Crippen LogP contribution in [0.5, 0.6) is 5.88 Å². The highest BCUT2D eigenvalue weighted by molar-refractivity contribution is 6.33. The van der Waals surface area contributed by atoms with Gasteiger partial charge in [-0.25, -0.2) is 0 Å². The van der Waals surface area contributed by atoms with Crippen LogP contribution in [0.4, 0.5) is 0 Å². The molecule has 104 valence electrons. The zero-order chi connectivity index (χ0) is 14.8. The first-order valence-electron chi connectivity index (χ1n) is 6.08. The maximum atomic E-state index is 10.1. The molecule has 0 aliphatic heterocycles. The normalized spacial score (nSPS) is 10.6. The average molecular weight is 318 g/mol. The monoisotopic (exact) mass is 317 g/mol. The zero-order valence-corrected chi connectivity index (χ0v) is 12.2. The molecular weight excluding hydrogens is 309 g/mol. The number of hydrogen-bond donors (Lipinski definition) is 1. The number of aromatic nitrogens is 3. The fourth-order valence-electron chi connectivity index (χ4n) is 2.08. The highest BCUT2D eigenvalue weighted by atomic mass is 35.5. The summed E-state index contributed by atoms with van der Waals surface area (Å²) < 4.78 is 0. The summed E-state index contributed by atoms with van der Waals surface area (Å²) in [5.74, 6) is -0.185. The van der Waals surface area contributed by atoms with Crippen LogP contribution in [-0.4, -0.2) is 20.3 Å². The third-order valence-corrected chi connectivity index (χ3v) is 3.53. The average Bonchev–Trinajstić information content (AvgIpc) is 2.51. The third-order valence-electron chi connectivity index (χ3n) is 3.01. The number of nitrogens with zero attached hydrogens (tertiary/aromatic N) is 3. The molecular formula is C15H9Cl2N3O. The Morgan fingerprint density at radius 1 is 0.762 bits per heavy atom. The zero-order valence-electron chi connectivity index (χ0n) is 10.7. The fraction of sp³-hybridized carbons (Fsp3) is 0. The molecule has 0 atom stereocenters. The Kier molecular flexibility index (Phi) is 3.73. The van der Waals surface area contributed by atoms with E-state index in [-0.39, 0.29) is 11.0 Å². The van der Waals surface area contributed by atoms with Crippen molar-refractivity contribution in [3.05, 3.63) is 59.0 Å². The Morgan fingerprint density at radius 3 is 2.05 bits per heavy atom. The molecule has 6 heteroatoms. The Hall–Kier alpha value is -2.17. The van der Waals surface area contributed by atoms with E-state index in [0.29, 0.717) is 16.1 Å². The van der Waals surface area contributed by atoms with E-state index in [0.717, 1.165) is 11.1 Å². The van der Waals surface area contributed by atoms with Gasteiger partial charge in [-0.15, -0.1) is 10.2 Å². The summed E-state index contributed by atoms with van der Waals surface area (Å²) in [6, 6.07) is 10.7. The minimum Gasteiger partial charge on any atom is -0.492 e. The van der Waals surface area contributed by atoms with E-state index in [2.05, 4.69) is 15.2 Å². The Bertz CT molecular complexity index is 777. The van der Waals surface area contributed by atoms with Crippen LogP contribution in [0.1, 0.15) is 0 Å². The molecule has 4 nitrogen and oxygen atoms in total. The molecule has 0 radical (unpaired) electrons. The van der Waals surface area contributed by atoms with Crippen molar-refractivity contribution >= 4 is 23.2 Å². The van der Waals surface area contributed by atoms with Crippen LogP contribution in [0.25, 0.3) is 22.3 Å². The second-order valence-corrected chi connectivity index (χ2v) is 5.10. The van der Waals surface area contributed by atoms with Crippen molar-refractivity contribution in [1.82, 2.24) is 15.2 Å². The summed E-state index contributed by atoms with van der Waals surface area (Å²) >= 11 is 12.1. The van der Waals surface area contributed by atoms with E-state index in [4.69, 9.17) is 23.2 Å². The van der Waals surface area contributed by atoms with Gasteiger partial charge in [-0.2, -0.15) is 0 Å². The Balaban J connectivity index is 2.29. The van der Waals surface area contributed by atoms with Crippen molar-refractivity contribution in [2.45, 2.75) is 0 Å². The van der Waals surface area contributed by atoms with E-state index in [1.807, 2.05) is 12.1 Å². The lowest BCUT2D eigenvalue weighted by Gasteiger charge is -2.12. The smallest absolute Gasteiger partial charge is 0.239 e. The molecule has 1 N–H and O–H groups in total. The standard InChI is InChI=1S/C15H9Cl2N3O/c16-11-3-1-9(2-4-11)12-13(10-5-7-18-8-6-10)15(21)20-19-14(12)17/h1-8H,(H,20,21). The second kappa shape index (κ2) is 5.68. The minimum absolute atomic E-state index is 0.185. The Labute approximate surface area is 131 Å². The van der Waals surface area contributed by atoms with Crippen LogP contribution < -0.4 is 0 Å². The van der Waals surface area contributed by atoms with Gasteiger partial charge in [0.25, 0.3) is 0 Å². The molecule has 0 spiro atoms. The van der Waals surface area contributed by atoms with Gasteiger partial charge in [0.05, 0.1) is 5.56 Å². The van der Waals surface area contributed by atoms with Gasteiger partial charge in [0.2, 0.25) is 5.88 Å². The predicted octanol–water partition coefficient (Wildman–Crippen LogP) is 4.22. The molecule has 2 aromatic heterocycles. The molecule has 3 rings (SSSR count). The van der Waals surface area contributed by atoms with Crippen molar-refractivity contribution < 1.29 is 5.11 Å². The van der Waals surface area contributed by atoms with Crippen molar-refractivity contribution in [3.63, 3.8) is 0 Å².